The molecule has 0 saturated carbocycles. The fourth-order valence-electron chi connectivity index (χ4n) is 3.02. The smallest absolute Gasteiger partial charge is 0.253 e. The third-order valence-corrected chi connectivity index (χ3v) is 4.46. The summed E-state index contributed by atoms with van der Waals surface area (Å²) in [6.45, 7) is 6.30. The summed E-state index contributed by atoms with van der Waals surface area (Å²) in [4.78, 5) is 14.5. The molecule has 0 atom stereocenters. The van der Waals surface area contributed by atoms with Crippen LogP contribution in [0.2, 0.25) is 0 Å². The number of H-pyrrole nitrogens is 1. The Kier molecular flexibility index (Phi) is 3.47. The number of fused-ring (bicyclic) bond motifs is 1. The monoisotopic (exact) mass is 271 g/mol. The van der Waals surface area contributed by atoms with Gasteiger partial charge in [0.05, 0.1) is 11.7 Å². The van der Waals surface area contributed by atoms with Gasteiger partial charge in [-0.15, -0.1) is 0 Å². The number of hydrogen-bond acceptors (Lipinski definition) is 2. The van der Waals surface area contributed by atoms with Crippen LogP contribution in [0.15, 0.2) is 24.4 Å². The molecule has 1 fully saturated rings. The molecular formula is C16H21N3O. The molecule has 1 aliphatic rings. The molecule has 2 aromatic rings. The molecule has 0 aliphatic carbocycles. The van der Waals surface area contributed by atoms with Crippen LogP contribution in [0.3, 0.4) is 0 Å². The molecule has 1 aromatic heterocycles. The van der Waals surface area contributed by atoms with E-state index in [1.807, 2.05) is 23.1 Å². The van der Waals surface area contributed by atoms with Crippen molar-refractivity contribution in [2.24, 2.45) is 11.8 Å². The standard InChI is InChI=1S/C16H21N3O/c1-11(2)12-5-7-19(8-6-12)16(20)13-3-4-14-10-17-18-15(14)9-13/h3-4,9-12H,5-8H2,1-2H3,(H,17,18). The Morgan fingerprint density at radius 2 is 2.10 bits per heavy atom. The lowest BCUT2D eigenvalue weighted by molar-refractivity contribution is 0.0668. The van der Waals surface area contributed by atoms with E-state index in [-0.39, 0.29) is 5.91 Å². The molecule has 1 aliphatic heterocycles. The third-order valence-electron chi connectivity index (χ3n) is 4.46. The van der Waals surface area contributed by atoms with Gasteiger partial charge in [-0.05, 0) is 36.8 Å². The van der Waals surface area contributed by atoms with Gasteiger partial charge in [0.25, 0.3) is 5.91 Å². The van der Waals surface area contributed by atoms with Crippen molar-refractivity contribution < 1.29 is 4.79 Å². The molecule has 1 aromatic carbocycles. The second-order valence-electron chi connectivity index (χ2n) is 6.05. The number of nitrogens with one attached hydrogen (secondary N) is 1. The number of carbonyl (C=O) groups excluding carboxylic acids is 1. The van der Waals surface area contributed by atoms with Crippen molar-refractivity contribution >= 4 is 16.8 Å². The molecule has 4 heteroatoms. The largest absolute Gasteiger partial charge is 0.339 e. The molecule has 1 amide bonds. The molecule has 4 nitrogen and oxygen atoms in total. The topological polar surface area (TPSA) is 49.0 Å². The average molecular weight is 271 g/mol. The summed E-state index contributed by atoms with van der Waals surface area (Å²) in [5.74, 6) is 1.62. The minimum atomic E-state index is 0.142. The summed E-state index contributed by atoms with van der Waals surface area (Å²) < 4.78 is 0. The van der Waals surface area contributed by atoms with E-state index in [1.165, 1.54) is 0 Å². The van der Waals surface area contributed by atoms with Crippen LogP contribution in [-0.2, 0) is 0 Å². The van der Waals surface area contributed by atoms with Gasteiger partial charge < -0.3 is 4.90 Å². The fraction of sp³-hybridized carbons (Fsp3) is 0.500. The molecule has 0 unspecified atom stereocenters. The van der Waals surface area contributed by atoms with Gasteiger partial charge in [0.2, 0.25) is 0 Å². The quantitative estimate of drug-likeness (QED) is 0.912. The first-order valence-corrected chi connectivity index (χ1v) is 7.37. The van der Waals surface area contributed by atoms with Crippen LogP contribution in [0.1, 0.15) is 37.0 Å². The lowest BCUT2D eigenvalue weighted by atomic mass is 9.86. The molecule has 3 rings (SSSR count). The summed E-state index contributed by atoms with van der Waals surface area (Å²) in [5.41, 5.74) is 1.68. The van der Waals surface area contributed by atoms with Gasteiger partial charge in [0.1, 0.15) is 0 Å². The van der Waals surface area contributed by atoms with E-state index in [0.29, 0.717) is 5.92 Å². The number of rotatable bonds is 2. The van der Waals surface area contributed by atoms with Crippen LogP contribution in [0, 0.1) is 11.8 Å². The molecule has 2 heterocycles. The molecule has 106 valence electrons. The Morgan fingerprint density at radius 3 is 2.80 bits per heavy atom. The highest BCUT2D eigenvalue weighted by molar-refractivity contribution is 5.97. The van der Waals surface area contributed by atoms with Crippen molar-refractivity contribution in [1.29, 1.82) is 0 Å². The van der Waals surface area contributed by atoms with Crippen LogP contribution in [0.4, 0.5) is 0 Å². The Labute approximate surface area is 119 Å². The maximum absolute atomic E-state index is 12.5. The van der Waals surface area contributed by atoms with Crippen molar-refractivity contribution in [3.63, 3.8) is 0 Å². The number of aromatic amines is 1. The number of carbonyl (C=O) groups is 1. The summed E-state index contributed by atoms with van der Waals surface area (Å²) in [7, 11) is 0. The molecule has 20 heavy (non-hydrogen) atoms. The van der Waals surface area contributed by atoms with E-state index in [2.05, 4.69) is 24.0 Å². The summed E-state index contributed by atoms with van der Waals surface area (Å²) in [6, 6.07) is 5.75. The maximum Gasteiger partial charge on any atom is 0.253 e. The van der Waals surface area contributed by atoms with Crippen LogP contribution >= 0.6 is 0 Å². The second-order valence-corrected chi connectivity index (χ2v) is 6.05. The van der Waals surface area contributed by atoms with Crippen molar-refractivity contribution in [2.75, 3.05) is 13.1 Å². The molecule has 0 bridgehead atoms. The Balaban J connectivity index is 1.73. The minimum Gasteiger partial charge on any atom is -0.339 e. The van der Waals surface area contributed by atoms with Crippen molar-refractivity contribution in [3.05, 3.63) is 30.0 Å². The highest BCUT2D eigenvalue weighted by Crippen LogP contribution is 2.25. The van der Waals surface area contributed by atoms with E-state index >= 15 is 0 Å². The fourth-order valence-corrected chi connectivity index (χ4v) is 3.02. The van der Waals surface area contributed by atoms with E-state index in [4.69, 9.17) is 0 Å². The van der Waals surface area contributed by atoms with Crippen LogP contribution < -0.4 is 0 Å². The van der Waals surface area contributed by atoms with Crippen LogP contribution in [0.25, 0.3) is 10.9 Å². The first-order chi connectivity index (χ1) is 9.65. The summed E-state index contributed by atoms with van der Waals surface area (Å²) in [5, 5.41) is 7.95. The van der Waals surface area contributed by atoms with Gasteiger partial charge in [-0.2, -0.15) is 5.10 Å². The van der Waals surface area contributed by atoms with E-state index in [1.54, 1.807) is 6.20 Å². The normalized spacial score (nSPS) is 17.1. The van der Waals surface area contributed by atoms with Crippen LogP contribution in [0.5, 0.6) is 0 Å². The predicted molar refractivity (Wildman–Crippen MR) is 79.6 cm³/mol. The minimum absolute atomic E-state index is 0.142. The maximum atomic E-state index is 12.5. The predicted octanol–water partition coefficient (Wildman–Crippen LogP) is 3.07. The lowest BCUT2D eigenvalue weighted by Crippen LogP contribution is -2.39. The Bertz CT molecular complexity index is 609. The number of hydrogen-bond donors (Lipinski definition) is 1. The number of benzene rings is 1. The zero-order valence-corrected chi connectivity index (χ0v) is 12.1. The first-order valence-electron chi connectivity index (χ1n) is 7.37. The summed E-state index contributed by atoms with van der Waals surface area (Å²) in [6.07, 6.45) is 4.02. The Hall–Kier alpha value is -1.84. The third kappa shape index (κ3) is 2.42. The molecule has 0 spiro atoms. The van der Waals surface area contributed by atoms with E-state index in [9.17, 15) is 4.79 Å². The van der Waals surface area contributed by atoms with Gasteiger partial charge >= 0.3 is 0 Å². The molecule has 1 N–H and O–H groups in total. The van der Waals surface area contributed by atoms with Gasteiger partial charge in [-0.25, -0.2) is 0 Å². The molecule has 1 saturated heterocycles. The van der Waals surface area contributed by atoms with E-state index in [0.717, 1.165) is 48.3 Å². The average Bonchev–Trinajstić information content (AvgIpc) is 2.94. The summed E-state index contributed by atoms with van der Waals surface area (Å²) >= 11 is 0. The van der Waals surface area contributed by atoms with Crippen molar-refractivity contribution in [2.45, 2.75) is 26.7 Å². The van der Waals surface area contributed by atoms with Crippen LogP contribution in [-0.4, -0.2) is 34.1 Å². The number of nitrogens with zero attached hydrogens (tertiary/aromatic N) is 2. The number of piperidine rings is 1. The number of amides is 1. The number of aromatic nitrogens is 2. The first kappa shape index (κ1) is 13.2. The molecular weight excluding hydrogens is 250 g/mol. The van der Waals surface area contributed by atoms with E-state index < -0.39 is 0 Å². The zero-order chi connectivity index (χ0) is 14.1. The van der Waals surface area contributed by atoms with Gasteiger partial charge in [0, 0.05) is 24.0 Å². The molecule has 0 radical (unpaired) electrons. The highest BCUT2D eigenvalue weighted by Gasteiger charge is 2.25. The Morgan fingerprint density at radius 1 is 1.35 bits per heavy atom. The number of likely N-dealkylation sites (tertiary alicyclic amines) is 1. The highest BCUT2D eigenvalue weighted by atomic mass is 16.2. The zero-order valence-electron chi connectivity index (χ0n) is 12.1. The van der Waals surface area contributed by atoms with Gasteiger partial charge in [-0.3, -0.25) is 9.89 Å². The van der Waals surface area contributed by atoms with Gasteiger partial charge in [-0.1, -0.05) is 19.9 Å². The van der Waals surface area contributed by atoms with Crippen molar-refractivity contribution in [1.82, 2.24) is 15.1 Å². The second kappa shape index (κ2) is 5.27. The SMILES string of the molecule is CC(C)C1CCN(C(=O)c2ccc3cn[nH]c3c2)CC1. The van der Waals surface area contributed by atoms with Gasteiger partial charge in [0.15, 0.2) is 0 Å². The lowest BCUT2D eigenvalue weighted by Gasteiger charge is -2.34. The van der Waals surface area contributed by atoms with Crippen molar-refractivity contribution in [3.8, 4) is 0 Å².